The molecule has 1 atom stereocenters. The third kappa shape index (κ3) is 4.64. The number of hydrogen-bond donors (Lipinski definition) is 1. The Labute approximate surface area is 213 Å². The van der Waals surface area contributed by atoms with E-state index in [1.54, 1.807) is 4.90 Å². The second kappa shape index (κ2) is 10.2. The van der Waals surface area contributed by atoms with Crippen LogP contribution in [-0.2, 0) is 4.79 Å². The number of nitrogens with one attached hydrogen (secondary N) is 1. The van der Waals surface area contributed by atoms with Gasteiger partial charge in [-0.1, -0.05) is 61.2 Å². The molecular weight excluding hydrogens is 448 g/mol. The Morgan fingerprint density at radius 1 is 0.944 bits per heavy atom. The van der Waals surface area contributed by atoms with E-state index in [-0.39, 0.29) is 36.6 Å². The van der Waals surface area contributed by atoms with Crippen LogP contribution in [0.25, 0.3) is 5.69 Å². The number of para-hydroxylation sites is 2. The van der Waals surface area contributed by atoms with E-state index in [2.05, 4.69) is 53.3 Å². The first-order valence-electron chi connectivity index (χ1n) is 13.2. The molecule has 0 saturated heterocycles. The van der Waals surface area contributed by atoms with Crippen molar-refractivity contribution in [2.75, 3.05) is 11.4 Å². The largest absolute Gasteiger partial charge is 0.335 e. The molecule has 1 unspecified atom stereocenters. The molecule has 1 aliphatic carbocycles. The van der Waals surface area contributed by atoms with Crippen molar-refractivity contribution in [1.82, 2.24) is 14.8 Å². The lowest BCUT2D eigenvalue weighted by Crippen LogP contribution is -2.53. The third-order valence-corrected chi connectivity index (χ3v) is 7.50. The molecule has 0 spiro atoms. The van der Waals surface area contributed by atoms with Gasteiger partial charge in [-0.25, -0.2) is 4.79 Å². The van der Waals surface area contributed by atoms with Gasteiger partial charge < -0.3 is 14.8 Å². The van der Waals surface area contributed by atoms with Crippen LogP contribution in [-0.4, -0.2) is 40.0 Å². The topological polar surface area (TPSA) is 57.6 Å². The predicted molar refractivity (Wildman–Crippen MR) is 144 cm³/mol. The molecule has 2 aliphatic rings. The van der Waals surface area contributed by atoms with Crippen molar-refractivity contribution in [3.8, 4) is 5.69 Å². The number of fused-ring (bicyclic) bond motifs is 3. The number of benzene rings is 2. The summed E-state index contributed by atoms with van der Waals surface area (Å²) in [5.41, 5.74) is 5.08. The van der Waals surface area contributed by atoms with E-state index in [0.29, 0.717) is 0 Å². The summed E-state index contributed by atoms with van der Waals surface area (Å²) in [5, 5.41) is 3.20. The van der Waals surface area contributed by atoms with Crippen LogP contribution in [0.1, 0.15) is 68.8 Å². The van der Waals surface area contributed by atoms with Gasteiger partial charge in [-0.2, -0.15) is 0 Å². The minimum absolute atomic E-state index is 0.0215. The van der Waals surface area contributed by atoms with Gasteiger partial charge in [-0.05, 0) is 63.4 Å². The standard InChI is InChI=1S/C30H36N4O2/c1-21(2)33(30(36)31-24-10-5-4-6-11-24)20-28(35)34-26-13-8-7-12-25(26)32-19-9-14-27(32)29(34)23-17-15-22(3)16-18-23/h7-9,12-19,21,24,29H,4-6,10-11,20H2,1-3H3,(H,31,36). The van der Waals surface area contributed by atoms with E-state index in [9.17, 15) is 9.59 Å². The molecule has 6 heteroatoms. The second-order valence-corrected chi connectivity index (χ2v) is 10.4. The SMILES string of the molecule is Cc1ccc(C2c3cccn3-c3ccccc3N2C(=O)CN(C(=O)NC2CCCCC2)C(C)C)cc1. The van der Waals surface area contributed by atoms with Crippen LogP contribution in [0.5, 0.6) is 0 Å². The Morgan fingerprint density at radius 2 is 1.64 bits per heavy atom. The zero-order valence-electron chi connectivity index (χ0n) is 21.5. The quantitative estimate of drug-likeness (QED) is 0.485. The lowest BCUT2D eigenvalue weighted by molar-refractivity contribution is -0.120. The molecule has 2 heterocycles. The highest BCUT2D eigenvalue weighted by Gasteiger charge is 2.37. The maximum atomic E-state index is 14.1. The number of carbonyl (C=O) groups excluding carboxylic acids is 2. The van der Waals surface area contributed by atoms with Crippen molar-refractivity contribution in [2.24, 2.45) is 0 Å². The highest BCUT2D eigenvalue weighted by molar-refractivity contribution is 6.00. The molecule has 1 aliphatic heterocycles. The zero-order valence-corrected chi connectivity index (χ0v) is 21.5. The average Bonchev–Trinajstić information content (AvgIpc) is 3.37. The normalized spacial score (nSPS) is 17.4. The molecule has 3 aromatic rings. The summed E-state index contributed by atoms with van der Waals surface area (Å²) in [6, 6.07) is 20.2. The minimum Gasteiger partial charge on any atom is -0.335 e. The van der Waals surface area contributed by atoms with Crippen LogP contribution in [0.4, 0.5) is 10.5 Å². The molecule has 1 fully saturated rings. The summed E-state index contributed by atoms with van der Waals surface area (Å²) in [6.07, 6.45) is 7.60. The fourth-order valence-corrected chi connectivity index (χ4v) is 5.54. The summed E-state index contributed by atoms with van der Waals surface area (Å²) >= 11 is 0. The van der Waals surface area contributed by atoms with Gasteiger partial charge in [-0.3, -0.25) is 9.69 Å². The molecule has 3 amide bonds. The monoisotopic (exact) mass is 484 g/mol. The summed E-state index contributed by atoms with van der Waals surface area (Å²) in [5.74, 6) is -0.0898. The summed E-state index contributed by atoms with van der Waals surface area (Å²) in [7, 11) is 0. The van der Waals surface area contributed by atoms with Crippen molar-refractivity contribution in [2.45, 2.75) is 71.0 Å². The lowest BCUT2D eigenvalue weighted by Gasteiger charge is -2.40. The van der Waals surface area contributed by atoms with Crippen LogP contribution >= 0.6 is 0 Å². The molecule has 5 rings (SSSR count). The lowest BCUT2D eigenvalue weighted by atomic mass is 9.96. The summed E-state index contributed by atoms with van der Waals surface area (Å²) in [4.78, 5) is 31.0. The number of carbonyl (C=O) groups is 2. The summed E-state index contributed by atoms with van der Waals surface area (Å²) in [6.45, 7) is 6.03. The number of urea groups is 1. The number of aromatic nitrogens is 1. The van der Waals surface area contributed by atoms with E-state index < -0.39 is 0 Å². The first-order valence-corrected chi connectivity index (χ1v) is 13.2. The van der Waals surface area contributed by atoms with Crippen LogP contribution in [0.2, 0.25) is 0 Å². The molecule has 6 nitrogen and oxygen atoms in total. The van der Waals surface area contributed by atoms with Crippen molar-refractivity contribution >= 4 is 17.6 Å². The average molecular weight is 485 g/mol. The van der Waals surface area contributed by atoms with Gasteiger partial charge in [0.05, 0.1) is 17.1 Å². The van der Waals surface area contributed by atoms with E-state index in [1.807, 2.05) is 49.1 Å². The van der Waals surface area contributed by atoms with Crippen molar-refractivity contribution in [3.05, 3.63) is 83.7 Å². The van der Waals surface area contributed by atoms with E-state index in [0.717, 1.165) is 48.3 Å². The Hall–Kier alpha value is -3.54. The first-order chi connectivity index (χ1) is 17.4. The molecule has 0 radical (unpaired) electrons. The van der Waals surface area contributed by atoms with Gasteiger partial charge in [0.1, 0.15) is 12.6 Å². The molecule has 1 saturated carbocycles. The maximum absolute atomic E-state index is 14.1. The number of rotatable bonds is 5. The van der Waals surface area contributed by atoms with Crippen LogP contribution in [0.15, 0.2) is 66.9 Å². The third-order valence-electron chi connectivity index (χ3n) is 7.50. The van der Waals surface area contributed by atoms with Crippen molar-refractivity contribution in [1.29, 1.82) is 0 Å². The van der Waals surface area contributed by atoms with Crippen molar-refractivity contribution < 1.29 is 9.59 Å². The number of anilines is 1. The predicted octanol–water partition coefficient (Wildman–Crippen LogP) is 5.97. The molecular formula is C30H36N4O2. The number of aryl methyl sites for hydroxylation is 1. The van der Waals surface area contributed by atoms with Crippen molar-refractivity contribution in [3.63, 3.8) is 0 Å². The van der Waals surface area contributed by atoms with Gasteiger partial charge in [0.25, 0.3) is 0 Å². The van der Waals surface area contributed by atoms with Gasteiger partial charge >= 0.3 is 6.03 Å². The Bertz CT molecular complexity index is 1220. The van der Waals surface area contributed by atoms with Crippen LogP contribution in [0, 0.1) is 6.92 Å². The maximum Gasteiger partial charge on any atom is 0.318 e. The van der Waals surface area contributed by atoms with E-state index in [1.165, 1.54) is 12.0 Å². The molecule has 0 bridgehead atoms. The Morgan fingerprint density at radius 3 is 2.33 bits per heavy atom. The minimum atomic E-state index is -0.279. The summed E-state index contributed by atoms with van der Waals surface area (Å²) < 4.78 is 2.17. The second-order valence-electron chi connectivity index (χ2n) is 10.4. The Balaban J connectivity index is 1.49. The van der Waals surface area contributed by atoms with Crippen LogP contribution < -0.4 is 10.2 Å². The fraction of sp³-hybridized carbons (Fsp3) is 0.400. The smallest absolute Gasteiger partial charge is 0.318 e. The highest BCUT2D eigenvalue weighted by atomic mass is 16.2. The van der Waals surface area contributed by atoms with Crippen LogP contribution in [0.3, 0.4) is 0 Å². The highest BCUT2D eigenvalue weighted by Crippen LogP contribution is 2.42. The van der Waals surface area contributed by atoms with E-state index in [4.69, 9.17) is 0 Å². The molecule has 1 aromatic heterocycles. The number of nitrogens with zero attached hydrogens (tertiary/aromatic N) is 3. The molecule has 2 aromatic carbocycles. The van der Waals surface area contributed by atoms with Gasteiger partial charge in [-0.15, -0.1) is 0 Å². The number of amides is 3. The van der Waals surface area contributed by atoms with E-state index >= 15 is 0 Å². The molecule has 188 valence electrons. The van der Waals surface area contributed by atoms with Gasteiger partial charge in [0.15, 0.2) is 0 Å². The Kier molecular flexibility index (Phi) is 6.86. The van der Waals surface area contributed by atoms with Gasteiger partial charge in [0.2, 0.25) is 5.91 Å². The molecule has 1 N–H and O–H groups in total. The molecule has 36 heavy (non-hydrogen) atoms. The first kappa shape index (κ1) is 24.2. The fourth-order valence-electron chi connectivity index (χ4n) is 5.54. The number of hydrogen-bond acceptors (Lipinski definition) is 2. The zero-order chi connectivity index (χ0) is 25.2. The van der Waals surface area contributed by atoms with Gasteiger partial charge in [0, 0.05) is 18.3 Å².